The van der Waals surface area contributed by atoms with E-state index >= 15 is 0 Å². The zero-order chi connectivity index (χ0) is 13.5. The fraction of sp³-hybridized carbons (Fsp3) is 0.235. The number of aromatic nitrogens is 1. The molecule has 0 spiro atoms. The van der Waals surface area contributed by atoms with Crippen LogP contribution in [0.5, 0.6) is 0 Å². The summed E-state index contributed by atoms with van der Waals surface area (Å²) in [6.07, 6.45) is 6.79. The van der Waals surface area contributed by atoms with Crippen LogP contribution in [-0.4, -0.2) is 8.80 Å². The predicted octanol–water partition coefficient (Wildman–Crippen LogP) is 4.67. The third-order valence-corrected chi connectivity index (χ3v) is 12.8. The Labute approximate surface area is 142 Å². The SMILES string of the molecule is C[C](C)=[Ti]([CH3])([c]1ccc[nH]1)[CH]1C=Cc2ccccc21.Cl.Cl. The van der Waals surface area contributed by atoms with Gasteiger partial charge in [-0.2, -0.15) is 0 Å². The number of fused-ring (bicyclic) bond motifs is 1. The molecule has 2 atom stereocenters. The number of nitrogens with one attached hydrogen (secondary N) is 1. The predicted molar refractivity (Wildman–Crippen MR) is 95.4 cm³/mol. The Morgan fingerprint density at radius 3 is 2.38 bits per heavy atom. The summed E-state index contributed by atoms with van der Waals surface area (Å²) in [6, 6.07) is 13.2. The fourth-order valence-electron chi connectivity index (χ4n) is 3.15. The van der Waals surface area contributed by atoms with Gasteiger partial charge in [0, 0.05) is 0 Å². The Bertz CT molecular complexity index is 683. The third-order valence-electron chi connectivity index (χ3n) is 4.62. The average Bonchev–Trinajstić information content (AvgIpc) is 3.07. The standard InChI is InChI=1S/C9H7.C4H4N.C3H6.CH3.2ClH.Ti/c1-2-5-9-7-3-6-8(9)4-1;1-2-4-5-3-1;1-3-2;;;;/h1-7H;1-3,5H;1-2H3;1H3;2*1H;. The van der Waals surface area contributed by atoms with Crippen molar-refractivity contribution in [2.75, 3.05) is 0 Å². The van der Waals surface area contributed by atoms with E-state index in [4.69, 9.17) is 0 Å². The van der Waals surface area contributed by atoms with Gasteiger partial charge in [0.05, 0.1) is 0 Å². The Morgan fingerprint density at radius 2 is 1.76 bits per heavy atom. The molecular weight excluding hydrogens is 337 g/mol. The minimum absolute atomic E-state index is 0. The van der Waals surface area contributed by atoms with E-state index in [0.717, 1.165) is 0 Å². The molecule has 0 amide bonds. The van der Waals surface area contributed by atoms with Crippen molar-refractivity contribution in [2.45, 2.75) is 23.3 Å². The number of benzene rings is 1. The van der Waals surface area contributed by atoms with E-state index in [1.807, 2.05) is 0 Å². The van der Waals surface area contributed by atoms with E-state index in [1.165, 1.54) is 15.1 Å². The molecule has 1 aliphatic rings. The number of hydrogen-bond donors (Lipinski definition) is 1. The number of allylic oxidation sites excluding steroid dienone is 1. The molecule has 1 aliphatic carbocycles. The van der Waals surface area contributed by atoms with Crippen LogP contribution in [0.15, 0.2) is 48.7 Å². The molecule has 0 radical (unpaired) electrons. The van der Waals surface area contributed by atoms with Crippen LogP contribution < -0.4 is 4.00 Å². The van der Waals surface area contributed by atoms with Crippen LogP contribution in [0.25, 0.3) is 6.08 Å². The minimum Gasteiger partial charge on any atom is -0.147 e. The summed E-state index contributed by atoms with van der Waals surface area (Å²) >= 11 is -2.29. The van der Waals surface area contributed by atoms with E-state index in [9.17, 15) is 0 Å². The maximum Gasteiger partial charge on any atom is -0.147 e. The van der Waals surface area contributed by atoms with Crippen molar-refractivity contribution in [3.05, 3.63) is 59.8 Å². The van der Waals surface area contributed by atoms with Gasteiger partial charge in [0.2, 0.25) is 0 Å². The summed E-state index contributed by atoms with van der Waals surface area (Å²) in [7, 11) is 0. The zero-order valence-corrected chi connectivity index (χ0v) is 15.8. The number of aromatic amines is 1. The van der Waals surface area contributed by atoms with Gasteiger partial charge in [-0.05, 0) is 0 Å². The van der Waals surface area contributed by atoms with Crippen LogP contribution in [0.1, 0.15) is 29.2 Å². The second-order valence-electron chi connectivity index (χ2n) is 5.75. The molecule has 1 heterocycles. The minimum atomic E-state index is -2.29. The van der Waals surface area contributed by atoms with E-state index in [2.05, 4.69) is 78.8 Å². The van der Waals surface area contributed by atoms with Gasteiger partial charge in [-0.1, -0.05) is 0 Å². The van der Waals surface area contributed by atoms with E-state index in [0.29, 0.717) is 4.22 Å². The Kier molecular flexibility index (Phi) is 6.25. The Balaban J connectivity index is 0.00000110. The summed E-state index contributed by atoms with van der Waals surface area (Å²) in [5.41, 5.74) is 2.91. The average molecular weight is 359 g/mol. The van der Waals surface area contributed by atoms with Crippen LogP contribution in [0.2, 0.25) is 5.23 Å². The summed E-state index contributed by atoms with van der Waals surface area (Å²) in [5.74, 6) is 0. The smallest absolute Gasteiger partial charge is 0.147 e. The van der Waals surface area contributed by atoms with Gasteiger partial charge in [0.15, 0.2) is 0 Å². The number of H-pyrrole nitrogens is 1. The van der Waals surface area contributed by atoms with Crippen LogP contribution in [-0.2, 0) is 16.1 Å². The molecule has 0 bridgehead atoms. The van der Waals surface area contributed by atoms with E-state index in [1.54, 1.807) is 3.81 Å². The fourth-order valence-corrected chi connectivity index (χ4v) is 8.91. The molecule has 0 aliphatic heterocycles. The Hall–Kier alpha value is -0.596. The van der Waals surface area contributed by atoms with E-state index in [-0.39, 0.29) is 24.8 Å². The van der Waals surface area contributed by atoms with Gasteiger partial charge in [-0.15, -0.1) is 24.8 Å². The van der Waals surface area contributed by atoms with Crippen LogP contribution in [0.3, 0.4) is 0 Å². The second kappa shape index (κ2) is 7.11. The molecule has 21 heavy (non-hydrogen) atoms. The summed E-state index contributed by atoms with van der Waals surface area (Å²) in [6.45, 7) is 4.63. The maximum absolute atomic E-state index is 3.50. The third kappa shape index (κ3) is 2.98. The first-order valence-electron chi connectivity index (χ1n) is 6.85. The van der Waals surface area contributed by atoms with Crippen LogP contribution in [0, 0.1) is 0 Å². The van der Waals surface area contributed by atoms with Crippen molar-refractivity contribution >= 4 is 38.7 Å². The van der Waals surface area contributed by atoms with Gasteiger partial charge in [0.25, 0.3) is 0 Å². The van der Waals surface area contributed by atoms with Gasteiger partial charge in [0.1, 0.15) is 0 Å². The summed E-state index contributed by atoms with van der Waals surface area (Å²) in [4.78, 5) is 3.50. The first-order valence-corrected chi connectivity index (χ1v) is 10.9. The molecule has 1 N–H and O–H groups in total. The maximum atomic E-state index is 3.50. The second-order valence-corrected chi connectivity index (χ2v) is 12.9. The van der Waals surface area contributed by atoms with Crippen LogP contribution >= 0.6 is 24.8 Å². The molecule has 3 rings (SSSR count). The van der Waals surface area contributed by atoms with Crippen LogP contribution in [0.4, 0.5) is 0 Å². The molecule has 1 aromatic carbocycles. The zero-order valence-electron chi connectivity index (χ0n) is 12.6. The Morgan fingerprint density at radius 1 is 1.05 bits per heavy atom. The van der Waals surface area contributed by atoms with Gasteiger partial charge in [-0.25, -0.2) is 0 Å². The van der Waals surface area contributed by atoms with Gasteiger partial charge < -0.3 is 0 Å². The van der Waals surface area contributed by atoms with E-state index < -0.39 is 16.1 Å². The molecule has 113 valence electrons. The molecular formula is C17H22Cl2NTi. The number of hydrogen-bond acceptors (Lipinski definition) is 0. The largest absolute Gasteiger partial charge is 0.147 e. The normalized spacial score (nSPS) is 18.1. The molecule has 0 fully saturated rings. The molecule has 2 aromatic rings. The van der Waals surface area contributed by atoms with Crippen molar-refractivity contribution in [2.24, 2.45) is 0 Å². The molecule has 0 saturated carbocycles. The van der Waals surface area contributed by atoms with Crippen molar-refractivity contribution in [3.63, 3.8) is 0 Å². The quantitative estimate of drug-likeness (QED) is 0.751. The van der Waals surface area contributed by atoms with Gasteiger partial charge in [-0.3, -0.25) is 0 Å². The number of halogens is 2. The van der Waals surface area contributed by atoms with Crippen molar-refractivity contribution < 1.29 is 16.1 Å². The summed E-state index contributed by atoms with van der Waals surface area (Å²) in [5, 5.41) is 2.53. The molecule has 4 heteroatoms. The van der Waals surface area contributed by atoms with Crippen molar-refractivity contribution in [3.8, 4) is 0 Å². The molecule has 1 nitrogen and oxygen atoms in total. The topological polar surface area (TPSA) is 15.8 Å². The monoisotopic (exact) mass is 358 g/mol. The summed E-state index contributed by atoms with van der Waals surface area (Å²) < 4.78 is 3.69. The molecule has 1 aromatic heterocycles. The first-order chi connectivity index (χ1) is 9.14. The molecule has 2 unspecified atom stereocenters. The van der Waals surface area contributed by atoms with Gasteiger partial charge >= 0.3 is 118 Å². The first kappa shape index (κ1) is 18.5. The van der Waals surface area contributed by atoms with Crippen molar-refractivity contribution in [1.82, 2.24) is 4.98 Å². The molecule has 0 saturated heterocycles. The number of rotatable bonds is 2. The van der Waals surface area contributed by atoms with Crippen molar-refractivity contribution in [1.29, 1.82) is 0 Å².